The summed E-state index contributed by atoms with van der Waals surface area (Å²) in [5.74, 6) is 2.35. The molecule has 0 nitrogen and oxygen atoms in total. The van der Waals surface area contributed by atoms with Gasteiger partial charge in [-0.1, -0.05) is 208 Å². The Labute approximate surface area is 389 Å². The maximum absolute atomic E-state index is 4.00. The molecular weight excluding hydrogens is 628 g/mol. The van der Waals surface area contributed by atoms with Crippen molar-refractivity contribution in [2.75, 3.05) is 0 Å². The minimum atomic E-state index is 0. The molecule has 0 bridgehead atoms. The zero-order chi connectivity index (χ0) is 37.7. The molecule has 0 saturated carbocycles. The Kier molecular flexibility index (Phi) is 59.2. The van der Waals surface area contributed by atoms with Gasteiger partial charge >= 0.3 is 75.4 Å². The monoisotopic (exact) mass is 705 g/mol. The first-order valence-corrected chi connectivity index (χ1v) is 19.3. The molecule has 0 amide bonds. The number of rotatable bonds is 14. The van der Waals surface area contributed by atoms with Crippen LogP contribution in [-0.2, 0) is 12.8 Å². The fourth-order valence-electron chi connectivity index (χ4n) is 4.63. The minimum absolute atomic E-state index is 0. The van der Waals surface area contributed by atoms with E-state index in [0.29, 0.717) is 5.92 Å². The average molecular weight is 705 g/mol. The van der Waals surface area contributed by atoms with Gasteiger partial charge in [0.15, 0.2) is 0 Å². The van der Waals surface area contributed by atoms with E-state index in [4.69, 9.17) is 0 Å². The number of aryl methyl sites for hydroxylation is 2. The molecule has 280 valence electrons. The Hall–Kier alpha value is -1.43. The van der Waals surface area contributed by atoms with E-state index in [1.54, 1.807) is 0 Å². The van der Waals surface area contributed by atoms with E-state index in [1.165, 1.54) is 86.5 Å². The first-order valence-electron chi connectivity index (χ1n) is 19.3. The van der Waals surface area contributed by atoms with E-state index >= 15 is 0 Å². The van der Waals surface area contributed by atoms with E-state index < -0.39 is 0 Å². The molecule has 0 aliphatic heterocycles. The van der Waals surface area contributed by atoms with Gasteiger partial charge in [-0.2, -0.15) is 13.3 Å². The van der Waals surface area contributed by atoms with Gasteiger partial charge in [-0.15, -0.1) is 12.8 Å². The summed E-state index contributed by atoms with van der Waals surface area (Å²) in [5, 5.41) is 0. The topological polar surface area (TPSA) is 0 Å². The molecule has 4 aromatic carbocycles. The zero-order valence-electron chi connectivity index (χ0n) is 40.4. The van der Waals surface area contributed by atoms with Crippen LogP contribution in [0.4, 0.5) is 0 Å². The number of hydrogen-bond acceptors (Lipinski definition) is 0. The zero-order valence-corrected chi connectivity index (χ0v) is 37.4. The summed E-state index contributed by atoms with van der Waals surface area (Å²) in [6, 6.07) is 42.6. The summed E-state index contributed by atoms with van der Waals surface area (Å²) in [5.41, 5.74) is 5.60. The molecule has 3 unspecified atom stereocenters. The summed E-state index contributed by atoms with van der Waals surface area (Å²) < 4.78 is 0. The Balaban J connectivity index is -0.0000000774. The number of unbranched alkanes of at least 4 members (excludes halogenated alkanes) is 2. The quantitative estimate of drug-likeness (QED) is 0.106. The van der Waals surface area contributed by atoms with Crippen molar-refractivity contribution in [2.45, 2.75) is 126 Å². The van der Waals surface area contributed by atoms with E-state index in [0.717, 1.165) is 11.8 Å². The van der Waals surface area contributed by atoms with Gasteiger partial charge in [0.2, 0.25) is 0 Å². The molecule has 0 aliphatic rings. The van der Waals surface area contributed by atoms with Crippen LogP contribution in [0.3, 0.4) is 0 Å². The van der Waals surface area contributed by atoms with Gasteiger partial charge in [0, 0.05) is 0 Å². The van der Waals surface area contributed by atoms with Gasteiger partial charge in [0.05, 0.1) is 0 Å². The van der Waals surface area contributed by atoms with Gasteiger partial charge in [-0.25, -0.2) is 0 Å². The number of terminal acetylenes is 1. The summed E-state index contributed by atoms with van der Waals surface area (Å²) in [4.78, 5) is 0. The van der Waals surface area contributed by atoms with Gasteiger partial charge in [0.25, 0.3) is 0 Å². The Morgan fingerprint density at radius 2 is 0.926 bits per heavy atom. The van der Waals surface area contributed by atoms with Crippen molar-refractivity contribution in [3.63, 3.8) is 0 Å². The van der Waals surface area contributed by atoms with Crippen LogP contribution < -0.4 is 75.4 Å². The van der Waals surface area contributed by atoms with Crippen LogP contribution in [0.25, 0.3) is 6.08 Å². The van der Waals surface area contributed by atoms with Crippen molar-refractivity contribution >= 4 is 6.08 Å². The molecule has 0 aliphatic carbocycles. The molecule has 54 heavy (non-hydrogen) atoms. The van der Waals surface area contributed by atoms with Crippen LogP contribution in [0.5, 0.6) is 0 Å². The van der Waals surface area contributed by atoms with Crippen molar-refractivity contribution in [3.8, 4) is 12.8 Å². The molecule has 0 N–H and O–H groups in total. The fraction of sp³-hybridized carbons (Fsp3) is 0.420. The standard InChI is InChI=1S/C20H26.C12H18.C8H8.C4H10.C4H9.C2H2.4Li.3H/c1-3-17(2)16-20(19-12-8-5-9-13-19)15-14-18-10-6-4-7-11-18;1-3-11(2)9-10-12-7-5-4-6-8-12;1-2-8-6-4-3-5-7-8;2*1-3-4-2;1-2;;;;;;;/h4-13,17,20H,3,14-16H2,1-2H3;4-8,11H,3,9-10H2,1-2H3;2-7H,1H2;3-4H2,1-2H3;3H,4H2,1-2H3;1-2H;;;;;;;/q;;;;-1;;4*+1;3*-1. The number of hydrogen-bond donors (Lipinski definition) is 0. The Morgan fingerprint density at radius 1 is 0.574 bits per heavy atom. The second-order valence-corrected chi connectivity index (χ2v) is 12.9. The van der Waals surface area contributed by atoms with Crippen molar-refractivity contribution < 1.29 is 79.7 Å². The normalized spacial score (nSPS) is 10.4. The van der Waals surface area contributed by atoms with E-state index in [2.05, 4.69) is 172 Å². The van der Waals surface area contributed by atoms with Crippen LogP contribution in [-0.4, -0.2) is 0 Å². The Morgan fingerprint density at radius 3 is 1.24 bits per heavy atom. The van der Waals surface area contributed by atoms with Crippen molar-refractivity contribution in [3.05, 3.63) is 157 Å². The largest absolute Gasteiger partial charge is 1.00 e. The summed E-state index contributed by atoms with van der Waals surface area (Å²) in [6.07, 6.45) is 24.6. The third-order valence-electron chi connectivity index (χ3n) is 8.69. The second-order valence-electron chi connectivity index (χ2n) is 12.9. The molecule has 0 aromatic heterocycles. The molecule has 4 heteroatoms. The van der Waals surface area contributed by atoms with E-state index in [-0.39, 0.29) is 79.7 Å². The summed E-state index contributed by atoms with van der Waals surface area (Å²) in [6.45, 7) is 21.4. The molecular formula is C50H76Li4. The first kappa shape index (κ1) is 64.5. The number of benzene rings is 4. The van der Waals surface area contributed by atoms with E-state index in [1.807, 2.05) is 36.4 Å². The molecule has 0 saturated heterocycles. The van der Waals surface area contributed by atoms with Crippen LogP contribution in [0, 0.1) is 31.1 Å². The summed E-state index contributed by atoms with van der Waals surface area (Å²) in [7, 11) is 0. The summed E-state index contributed by atoms with van der Waals surface area (Å²) >= 11 is 0. The molecule has 0 fully saturated rings. The van der Waals surface area contributed by atoms with Crippen LogP contribution in [0.1, 0.15) is 139 Å². The molecule has 4 aromatic rings. The maximum atomic E-state index is 4.00. The van der Waals surface area contributed by atoms with Crippen molar-refractivity contribution in [1.29, 1.82) is 0 Å². The SMILES string of the molecule is C#C.C=Cc1ccccc1.CCC(C)CC(CCc1ccccc1)c1ccccc1.CCC(C)CCc1ccccc1.CCCC.C[CH-]CC.[H-].[H-].[H-].[Li+].[Li+].[Li+].[Li+]. The predicted octanol–water partition coefficient (Wildman–Crippen LogP) is 3.86. The van der Waals surface area contributed by atoms with Crippen LogP contribution in [0.15, 0.2) is 128 Å². The molecule has 0 radical (unpaired) electrons. The first-order chi connectivity index (χ1) is 24.4. The third kappa shape index (κ3) is 38.8. The second kappa shape index (κ2) is 49.6. The van der Waals surface area contributed by atoms with Gasteiger partial charge < -0.3 is 10.7 Å². The maximum Gasteiger partial charge on any atom is 1.00 e. The Bertz CT molecular complexity index is 1250. The predicted molar refractivity (Wildman–Crippen MR) is 233 cm³/mol. The molecule has 4 rings (SSSR count). The third-order valence-corrected chi connectivity index (χ3v) is 8.69. The smallest absolute Gasteiger partial charge is 1.00 e. The van der Waals surface area contributed by atoms with Gasteiger partial charge in [-0.3, -0.25) is 0 Å². The van der Waals surface area contributed by atoms with E-state index in [9.17, 15) is 0 Å². The molecule has 0 heterocycles. The molecule has 0 spiro atoms. The average Bonchev–Trinajstić information content (AvgIpc) is 3.21. The fourth-order valence-corrected chi connectivity index (χ4v) is 4.63. The molecule has 3 atom stereocenters. The van der Waals surface area contributed by atoms with Crippen molar-refractivity contribution in [2.24, 2.45) is 11.8 Å². The van der Waals surface area contributed by atoms with Gasteiger partial charge in [0.1, 0.15) is 0 Å². The van der Waals surface area contributed by atoms with Crippen LogP contribution in [0.2, 0.25) is 0 Å². The van der Waals surface area contributed by atoms with Gasteiger partial charge in [-0.05, 0) is 72.1 Å². The van der Waals surface area contributed by atoms with Crippen molar-refractivity contribution in [1.82, 2.24) is 0 Å². The van der Waals surface area contributed by atoms with Crippen LogP contribution >= 0.6 is 0 Å². The minimum Gasteiger partial charge on any atom is -1.00 e.